The monoisotopic (exact) mass is 342 g/mol. The molecule has 3 aromatic rings. The first-order valence-corrected chi connectivity index (χ1v) is 8.38. The zero-order valence-corrected chi connectivity index (χ0v) is 13.8. The quantitative estimate of drug-likeness (QED) is 0.646. The Morgan fingerprint density at radius 1 is 1.04 bits per heavy atom. The smallest absolute Gasteiger partial charge is 0.220 e. The van der Waals surface area contributed by atoms with Gasteiger partial charge in [0, 0.05) is 31.2 Å². The molecule has 2 aromatic carbocycles. The number of benzene rings is 2. The molecular weight excluding hydrogens is 322 g/mol. The van der Waals surface area contributed by atoms with Crippen LogP contribution in [0.4, 0.5) is 8.78 Å². The largest absolute Gasteiger partial charge is 0.356 e. The summed E-state index contributed by atoms with van der Waals surface area (Å²) >= 11 is 0. The Balaban J connectivity index is 1.40. The van der Waals surface area contributed by atoms with Crippen LogP contribution < -0.4 is 5.32 Å². The van der Waals surface area contributed by atoms with Gasteiger partial charge in [0.2, 0.25) is 5.91 Å². The minimum absolute atomic E-state index is 0.0814. The number of aromatic nitrogens is 1. The van der Waals surface area contributed by atoms with E-state index in [1.165, 1.54) is 17.0 Å². The number of hydrogen-bond acceptors (Lipinski definition) is 1. The molecule has 0 unspecified atom stereocenters. The zero-order chi connectivity index (χ0) is 17.6. The van der Waals surface area contributed by atoms with Gasteiger partial charge in [0.15, 0.2) is 11.6 Å². The molecule has 5 heteroatoms. The summed E-state index contributed by atoms with van der Waals surface area (Å²) in [5.41, 5.74) is 1.81. The van der Waals surface area contributed by atoms with Crippen LogP contribution in [-0.4, -0.2) is 17.0 Å². The first-order valence-electron chi connectivity index (χ1n) is 8.38. The molecule has 0 spiro atoms. The summed E-state index contributed by atoms with van der Waals surface area (Å²) < 4.78 is 28.2. The number of nitrogens with zero attached hydrogens (tertiary/aromatic N) is 1. The highest BCUT2D eigenvalue weighted by Crippen LogP contribution is 2.15. The van der Waals surface area contributed by atoms with E-state index in [9.17, 15) is 13.6 Å². The van der Waals surface area contributed by atoms with Crippen molar-refractivity contribution < 1.29 is 13.6 Å². The number of para-hydroxylation sites is 1. The molecule has 0 saturated carbocycles. The fraction of sp³-hybridized carbons (Fsp3) is 0.250. The van der Waals surface area contributed by atoms with Gasteiger partial charge in [-0.2, -0.15) is 0 Å². The zero-order valence-electron chi connectivity index (χ0n) is 13.8. The number of aryl methyl sites for hydroxylation is 2. The average Bonchev–Trinajstić information content (AvgIpc) is 3.03. The van der Waals surface area contributed by atoms with Gasteiger partial charge in [-0.15, -0.1) is 0 Å². The molecule has 0 fully saturated rings. The fourth-order valence-electron chi connectivity index (χ4n) is 2.85. The van der Waals surface area contributed by atoms with E-state index in [2.05, 4.69) is 34.3 Å². The van der Waals surface area contributed by atoms with E-state index in [4.69, 9.17) is 0 Å². The molecule has 25 heavy (non-hydrogen) atoms. The topological polar surface area (TPSA) is 34.0 Å². The summed E-state index contributed by atoms with van der Waals surface area (Å²) in [6, 6.07) is 14.0. The summed E-state index contributed by atoms with van der Waals surface area (Å²) in [6.07, 6.45) is 3.54. The van der Waals surface area contributed by atoms with Crippen LogP contribution in [0.25, 0.3) is 10.9 Å². The van der Waals surface area contributed by atoms with Crippen molar-refractivity contribution in [3.05, 3.63) is 71.9 Å². The number of amides is 1. The predicted octanol–water partition coefficient (Wildman–Crippen LogP) is 4.06. The summed E-state index contributed by atoms with van der Waals surface area (Å²) in [6.45, 7) is 1.42. The van der Waals surface area contributed by atoms with Crippen LogP contribution in [0.15, 0.2) is 54.7 Å². The van der Waals surface area contributed by atoms with Crippen molar-refractivity contribution in [3.63, 3.8) is 0 Å². The molecule has 0 bridgehead atoms. The maximum absolute atomic E-state index is 13.1. The average molecular weight is 342 g/mol. The Kier molecular flexibility index (Phi) is 5.43. The third-order valence-corrected chi connectivity index (χ3v) is 4.20. The molecule has 1 aromatic heterocycles. The second kappa shape index (κ2) is 7.92. The third-order valence-electron chi connectivity index (χ3n) is 4.20. The van der Waals surface area contributed by atoms with Gasteiger partial charge in [-0.1, -0.05) is 24.3 Å². The first kappa shape index (κ1) is 17.1. The van der Waals surface area contributed by atoms with Crippen LogP contribution in [0, 0.1) is 11.6 Å². The highest BCUT2D eigenvalue weighted by atomic mass is 19.2. The van der Waals surface area contributed by atoms with Gasteiger partial charge in [0.1, 0.15) is 0 Å². The van der Waals surface area contributed by atoms with Crippen molar-refractivity contribution in [1.82, 2.24) is 9.88 Å². The molecule has 1 N–H and O–H groups in total. The number of fused-ring (bicyclic) bond motifs is 1. The SMILES string of the molecule is O=C(CCc1ccc(F)c(F)c1)NCCCn1ccc2ccccc21. The number of rotatable bonds is 7. The number of nitrogens with one attached hydrogen (secondary N) is 1. The maximum atomic E-state index is 13.1. The minimum Gasteiger partial charge on any atom is -0.356 e. The highest BCUT2D eigenvalue weighted by Gasteiger charge is 2.06. The van der Waals surface area contributed by atoms with Crippen LogP contribution in [0.3, 0.4) is 0 Å². The van der Waals surface area contributed by atoms with Crippen LogP contribution in [-0.2, 0) is 17.8 Å². The van der Waals surface area contributed by atoms with Crippen molar-refractivity contribution in [2.24, 2.45) is 0 Å². The van der Waals surface area contributed by atoms with Crippen LogP contribution >= 0.6 is 0 Å². The van der Waals surface area contributed by atoms with Crippen LogP contribution in [0.2, 0.25) is 0 Å². The first-order chi connectivity index (χ1) is 12.1. The van der Waals surface area contributed by atoms with E-state index in [0.29, 0.717) is 18.5 Å². The van der Waals surface area contributed by atoms with E-state index in [1.54, 1.807) is 0 Å². The van der Waals surface area contributed by atoms with Gasteiger partial charge >= 0.3 is 0 Å². The van der Waals surface area contributed by atoms with Gasteiger partial charge in [0.25, 0.3) is 0 Å². The molecule has 0 atom stereocenters. The van der Waals surface area contributed by atoms with E-state index >= 15 is 0 Å². The number of carbonyl (C=O) groups excluding carboxylic acids is 1. The third kappa shape index (κ3) is 4.44. The second-order valence-electron chi connectivity index (χ2n) is 6.02. The molecule has 0 radical (unpaired) electrons. The van der Waals surface area contributed by atoms with E-state index in [1.807, 2.05) is 12.1 Å². The van der Waals surface area contributed by atoms with Crippen molar-refractivity contribution in [1.29, 1.82) is 0 Å². The molecule has 0 aliphatic heterocycles. The molecule has 1 amide bonds. The Labute approximate surface area is 145 Å². The number of hydrogen-bond donors (Lipinski definition) is 1. The van der Waals surface area contributed by atoms with Crippen LogP contribution in [0.5, 0.6) is 0 Å². The van der Waals surface area contributed by atoms with E-state index in [-0.39, 0.29) is 12.3 Å². The van der Waals surface area contributed by atoms with E-state index in [0.717, 1.165) is 25.1 Å². The Morgan fingerprint density at radius 3 is 2.72 bits per heavy atom. The molecule has 130 valence electrons. The van der Waals surface area contributed by atoms with Crippen molar-refractivity contribution >= 4 is 16.8 Å². The predicted molar refractivity (Wildman–Crippen MR) is 94.2 cm³/mol. The Morgan fingerprint density at radius 2 is 1.88 bits per heavy atom. The maximum Gasteiger partial charge on any atom is 0.220 e. The van der Waals surface area contributed by atoms with Crippen LogP contribution in [0.1, 0.15) is 18.4 Å². The van der Waals surface area contributed by atoms with Gasteiger partial charge < -0.3 is 9.88 Å². The van der Waals surface area contributed by atoms with Gasteiger partial charge in [-0.25, -0.2) is 8.78 Å². The normalized spacial score (nSPS) is 11.0. The van der Waals surface area contributed by atoms with Gasteiger partial charge in [0.05, 0.1) is 0 Å². The number of halogens is 2. The molecular formula is C20H20F2N2O. The lowest BCUT2D eigenvalue weighted by Gasteiger charge is -2.08. The molecule has 0 aliphatic carbocycles. The van der Waals surface area contributed by atoms with Gasteiger partial charge in [-0.3, -0.25) is 4.79 Å². The molecule has 1 heterocycles. The standard InChI is InChI=1S/C20H20F2N2O/c21-17-8-6-15(14-18(17)22)7-9-20(25)23-11-3-12-24-13-10-16-4-1-2-5-19(16)24/h1-2,4-6,8,10,13-14H,3,7,9,11-12H2,(H,23,25). The summed E-state index contributed by atoms with van der Waals surface area (Å²) in [4.78, 5) is 11.9. The number of carbonyl (C=O) groups is 1. The van der Waals surface area contributed by atoms with Crippen molar-refractivity contribution in [2.45, 2.75) is 25.8 Å². The summed E-state index contributed by atoms with van der Waals surface area (Å²) in [5.74, 6) is -1.83. The summed E-state index contributed by atoms with van der Waals surface area (Å²) in [5, 5.41) is 4.08. The Bertz CT molecular complexity index is 873. The molecule has 3 rings (SSSR count). The van der Waals surface area contributed by atoms with E-state index < -0.39 is 11.6 Å². The summed E-state index contributed by atoms with van der Waals surface area (Å²) in [7, 11) is 0. The lowest BCUT2D eigenvalue weighted by molar-refractivity contribution is -0.121. The molecule has 3 nitrogen and oxygen atoms in total. The second-order valence-corrected chi connectivity index (χ2v) is 6.02. The lowest BCUT2D eigenvalue weighted by atomic mass is 10.1. The fourth-order valence-corrected chi connectivity index (χ4v) is 2.85. The van der Waals surface area contributed by atoms with Gasteiger partial charge in [-0.05, 0) is 48.1 Å². The highest BCUT2D eigenvalue weighted by molar-refractivity contribution is 5.79. The molecule has 0 aliphatic rings. The Hall–Kier alpha value is -2.69. The lowest BCUT2D eigenvalue weighted by Crippen LogP contribution is -2.25. The molecule has 0 saturated heterocycles. The van der Waals surface area contributed by atoms with Crippen molar-refractivity contribution in [3.8, 4) is 0 Å². The van der Waals surface area contributed by atoms with Crippen molar-refractivity contribution in [2.75, 3.05) is 6.54 Å². The minimum atomic E-state index is -0.878.